The number of aromatic nitrogens is 3. The zero-order valence-electron chi connectivity index (χ0n) is 23.7. The summed E-state index contributed by atoms with van der Waals surface area (Å²) in [6.45, 7) is 0. The van der Waals surface area contributed by atoms with E-state index < -0.39 is 10.0 Å². The van der Waals surface area contributed by atoms with E-state index in [-0.39, 0.29) is 0 Å². The van der Waals surface area contributed by atoms with E-state index in [1.807, 2.05) is 66.7 Å². The lowest BCUT2D eigenvalue weighted by molar-refractivity contribution is 0.453. The molecular weight excluding hydrogens is 559 g/mol. The van der Waals surface area contributed by atoms with E-state index in [4.69, 9.17) is 19.7 Å². The fourth-order valence-electron chi connectivity index (χ4n) is 5.88. The van der Waals surface area contributed by atoms with Crippen LogP contribution in [0, 0.1) is 0 Å². The van der Waals surface area contributed by atoms with Gasteiger partial charge in [-0.2, -0.15) is 0 Å². The van der Waals surface area contributed by atoms with Crippen LogP contribution in [-0.4, -0.2) is 15.0 Å². The molecule has 44 heavy (non-hydrogen) atoms. The van der Waals surface area contributed by atoms with Crippen LogP contribution in [-0.2, 0) is 0 Å². The summed E-state index contributed by atoms with van der Waals surface area (Å²) in [5.74, 6) is 3.43. The van der Waals surface area contributed by atoms with Crippen LogP contribution in [0.2, 0.25) is 0 Å². The first-order chi connectivity index (χ1) is 21.8. The first-order valence-electron chi connectivity index (χ1n) is 14.5. The quantitative estimate of drug-likeness (QED) is 0.202. The number of para-hydroxylation sites is 2. The minimum atomic E-state index is -1.92. The predicted molar refractivity (Wildman–Crippen MR) is 176 cm³/mol. The van der Waals surface area contributed by atoms with Crippen molar-refractivity contribution in [1.29, 1.82) is 0 Å². The molecule has 1 aliphatic rings. The van der Waals surface area contributed by atoms with Crippen LogP contribution in [0.4, 0.5) is 0 Å². The van der Waals surface area contributed by atoms with Crippen LogP contribution in [0.1, 0.15) is 0 Å². The molecule has 5 heteroatoms. The molecule has 4 nitrogen and oxygen atoms in total. The molecule has 8 rings (SSSR count). The van der Waals surface area contributed by atoms with Gasteiger partial charge in [0.25, 0.3) is 0 Å². The molecule has 0 bridgehead atoms. The number of nitrogens with zero attached hydrogens (tertiary/aromatic N) is 3. The van der Waals surface area contributed by atoms with Crippen LogP contribution in [0.3, 0.4) is 0 Å². The fraction of sp³-hybridized carbons (Fsp3) is 0. The molecule has 1 aliphatic heterocycles. The Hall–Kier alpha value is -5.52. The number of ether oxygens (including phenoxy) is 1. The Labute approximate surface area is 258 Å². The summed E-state index contributed by atoms with van der Waals surface area (Å²) in [5, 5.41) is 0. The van der Waals surface area contributed by atoms with E-state index in [9.17, 15) is 0 Å². The largest absolute Gasteiger partial charge is 0.454 e. The third-order valence-corrected chi connectivity index (χ3v) is 11.8. The average molecular weight is 586 g/mol. The molecule has 7 aromatic rings. The molecule has 0 spiro atoms. The van der Waals surface area contributed by atoms with Crippen molar-refractivity contribution in [3.05, 3.63) is 164 Å². The van der Waals surface area contributed by atoms with Crippen molar-refractivity contribution in [3.8, 4) is 45.7 Å². The molecular formula is C39H27N3OS. The molecule has 0 radical (unpaired) electrons. The minimum Gasteiger partial charge on any atom is -0.454 e. The van der Waals surface area contributed by atoms with Gasteiger partial charge in [-0.3, -0.25) is 0 Å². The van der Waals surface area contributed by atoms with Crippen molar-refractivity contribution in [2.24, 2.45) is 0 Å². The van der Waals surface area contributed by atoms with Gasteiger partial charge < -0.3 is 4.74 Å². The Morgan fingerprint density at radius 3 is 1.41 bits per heavy atom. The number of fused-ring (bicyclic) bond motifs is 2. The second-order valence-corrected chi connectivity index (χ2v) is 13.5. The van der Waals surface area contributed by atoms with Gasteiger partial charge in [0.1, 0.15) is 5.75 Å². The molecule has 0 N–H and O–H groups in total. The Morgan fingerprint density at radius 1 is 0.386 bits per heavy atom. The van der Waals surface area contributed by atoms with Gasteiger partial charge in [0.2, 0.25) is 0 Å². The minimum absolute atomic E-state index is 0.573. The molecule has 0 atom stereocenters. The Kier molecular flexibility index (Phi) is 6.51. The van der Waals surface area contributed by atoms with Crippen LogP contribution < -0.4 is 4.74 Å². The summed E-state index contributed by atoms with van der Waals surface area (Å²) in [6, 6.07) is 56.5. The van der Waals surface area contributed by atoms with E-state index >= 15 is 0 Å². The molecule has 2 heterocycles. The van der Waals surface area contributed by atoms with Gasteiger partial charge in [-0.05, 0) is 48.5 Å². The van der Waals surface area contributed by atoms with E-state index in [0.29, 0.717) is 17.5 Å². The van der Waals surface area contributed by atoms with Gasteiger partial charge in [-0.1, -0.05) is 115 Å². The van der Waals surface area contributed by atoms with E-state index in [1.165, 1.54) is 14.7 Å². The van der Waals surface area contributed by atoms with Gasteiger partial charge in [0.15, 0.2) is 23.2 Å². The number of rotatable bonds is 5. The maximum Gasteiger partial charge on any atom is 0.167 e. The normalized spacial score (nSPS) is 13.6. The second-order valence-electron chi connectivity index (χ2n) is 10.5. The molecule has 0 saturated heterocycles. The Balaban J connectivity index is 1.44. The molecule has 0 fully saturated rings. The lowest BCUT2D eigenvalue weighted by atomic mass is 10.1. The summed E-state index contributed by atoms with van der Waals surface area (Å²) < 4.78 is 6.87. The molecule has 6 aromatic carbocycles. The van der Waals surface area contributed by atoms with Crippen LogP contribution in [0.15, 0.2) is 183 Å². The first kappa shape index (κ1) is 26.1. The third-order valence-electron chi connectivity index (χ3n) is 7.83. The van der Waals surface area contributed by atoms with Gasteiger partial charge in [-0.25, -0.2) is 15.0 Å². The fourth-order valence-corrected chi connectivity index (χ4v) is 9.94. The van der Waals surface area contributed by atoms with E-state index in [2.05, 4.69) is 97.1 Å². The van der Waals surface area contributed by atoms with Crippen LogP contribution >= 0.6 is 10.0 Å². The van der Waals surface area contributed by atoms with Gasteiger partial charge in [0, 0.05) is 30.7 Å². The van der Waals surface area contributed by atoms with Crippen molar-refractivity contribution >= 4 is 10.0 Å². The number of benzene rings is 6. The maximum absolute atomic E-state index is 6.87. The molecule has 0 saturated carbocycles. The maximum atomic E-state index is 6.87. The number of hydrogen-bond acceptors (Lipinski definition) is 4. The van der Waals surface area contributed by atoms with Crippen molar-refractivity contribution in [3.63, 3.8) is 0 Å². The molecule has 0 unspecified atom stereocenters. The van der Waals surface area contributed by atoms with Gasteiger partial charge in [-0.15, -0.1) is 10.0 Å². The number of hydrogen-bond donors (Lipinski definition) is 0. The highest BCUT2D eigenvalue weighted by Crippen LogP contribution is 2.79. The molecule has 0 aliphatic carbocycles. The van der Waals surface area contributed by atoms with Gasteiger partial charge >= 0.3 is 0 Å². The smallest absolute Gasteiger partial charge is 0.167 e. The standard InChI is InChI=1S/C39H27N3OS/c1-5-16-28(17-6-1)37-40-38(29-18-7-2-8-19-29)42-39(41-37)32-24-15-27-35-36(32)43-33-25-13-14-26-34(33)44(35,30-20-9-3-10-21-30)31-22-11-4-12-23-31/h1-27H. The zero-order valence-corrected chi connectivity index (χ0v) is 24.6. The van der Waals surface area contributed by atoms with E-state index in [0.717, 1.165) is 33.1 Å². The highest BCUT2D eigenvalue weighted by atomic mass is 32.3. The van der Waals surface area contributed by atoms with Crippen molar-refractivity contribution in [2.75, 3.05) is 0 Å². The molecule has 1 aromatic heterocycles. The summed E-state index contributed by atoms with van der Waals surface area (Å²) in [6.07, 6.45) is 0. The topological polar surface area (TPSA) is 47.9 Å². The highest BCUT2D eigenvalue weighted by molar-refractivity contribution is 8.34. The Morgan fingerprint density at radius 2 is 0.841 bits per heavy atom. The van der Waals surface area contributed by atoms with Crippen molar-refractivity contribution < 1.29 is 4.74 Å². The summed E-state index contributed by atoms with van der Waals surface area (Å²) >= 11 is 0. The summed E-state index contributed by atoms with van der Waals surface area (Å²) in [4.78, 5) is 19.8. The third kappa shape index (κ3) is 4.29. The lowest BCUT2D eigenvalue weighted by Crippen LogP contribution is -2.13. The molecule has 0 amide bonds. The van der Waals surface area contributed by atoms with Crippen LogP contribution in [0.25, 0.3) is 34.2 Å². The zero-order chi connectivity index (χ0) is 29.3. The lowest BCUT2D eigenvalue weighted by Gasteiger charge is -2.46. The first-order valence-corrected chi connectivity index (χ1v) is 16.2. The average Bonchev–Trinajstić information content (AvgIpc) is 3.11. The van der Waals surface area contributed by atoms with Crippen molar-refractivity contribution in [2.45, 2.75) is 19.6 Å². The molecule has 210 valence electrons. The van der Waals surface area contributed by atoms with E-state index in [1.54, 1.807) is 0 Å². The Bertz CT molecular complexity index is 1990. The van der Waals surface area contributed by atoms with Crippen molar-refractivity contribution in [1.82, 2.24) is 15.0 Å². The summed E-state index contributed by atoms with van der Waals surface area (Å²) in [5.41, 5.74) is 2.69. The monoisotopic (exact) mass is 585 g/mol. The highest BCUT2D eigenvalue weighted by Gasteiger charge is 2.42. The second kappa shape index (κ2) is 11.0. The predicted octanol–water partition coefficient (Wildman–Crippen LogP) is 10.3. The van der Waals surface area contributed by atoms with Crippen LogP contribution in [0.5, 0.6) is 11.5 Å². The SMILES string of the molecule is c1ccc(-c2nc(-c3ccccc3)nc(-c3cccc4c3Oc3ccccc3S4(c3ccccc3)c3ccccc3)n2)cc1. The van der Waals surface area contributed by atoms with Gasteiger partial charge in [0.05, 0.1) is 5.56 Å². The summed E-state index contributed by atoms with van der Waals surface area (Å²) in [7, 11) is -1.92.